The average molecular weight is 729 g/mol. The maximum atomic E-state index is 9.90. The van der Waals surface area contributed by atoms with Crippen molar-refractivity contribution in [3.63, 3.8) is 0 Å². The maximum Gasteiger partial charge on any atom is 0.164 e. The highest BCUT2D eigenvalue weighted by Gasteiger charge is 2.18. The van der Waals surface area contributed by atoms with Crippen molar-refractivity contribution in [1.29, 1.82) is 5.26 Å². The van der Waals surface area contributed by atoms with Crippen LogP contribution in [0, 0.1) is 11.3 Å². The van der Waals surface area contributed by atoms with Gasteiger partial charge >= 0.3 is 0 Å². The molecule has 0 aliphatic heterocycles. The summed E-state index contributed by atoms with van der Waals surface area (Å²) in [5, 5.41) is 12.0. The number of hydrogen-bond donors (Lipinski definition) is 0. The van der Waals surface area contributed by atoms with E-state index >= 15 is 0 Å². The van der Waals surface area contributed by atoms with Crippen LogP contribution in [0.1, 0.15) is 5.56 Å². The molecule has 0 aliphatic rings. The third-order valence-corrected chi connectivity index (χ3v) is 10.4. The zero-order valence-corrected chi connectivity index (χ0v) is 30.7. The normalized spacial score (nSPS) is 11.1. The Kier molecular flexibility index (Phi) is 8.48. The number of aromatic nitrogens is 3. The Morgan fingerprint density at radius 1 is 0.351 bits per heavy atom. The van der Waals surface area contributed by atoms with E-state index in [9.17, 15) is 5.26 Å². The van der Waals surface area contributed by atoms with Gasteiger partial charge in [-0.05, 0) is 81.4 Å². The highest BCUT2D eigenvalue weighted by Crippen LogP contribution is 2.39. The van der Waals surface area contributed by atoms with Gasteiger partial charge in [-0.2, -0.15) is 5.26 Å². The van der Waals surface area contributed by atoms with Crippen molar-refractivity contribution < 1.29 is 4.42 Å². The summed E-state index contributed by atoms with van der Waals surface area (Å²) in [6.45, 7) is 0. The van der Waals surface area contributed by atoms with Crippen LogP contribution in [-0.2, 0) is 0 Å². The monoisotopic (exact) mass is 728 g/mol. The van der Waals surface area contributed by atoms with Crippen LogP contribution in [0.15, 0.2) is 199 Å². The van der Waals surface area contributed by atoms with Crippen LogP contribution in [-0.4, -0.2) is 15.0 Å². The van der Waals surface area contributed by atoms with E-state index in [1.807, 2.05) is 103 Å². The molecular weight excluding hydrogens is 697 g/mol. The molecule has 0 N–H and O–H groups in total. The Bertz CT molecular complexity index is 3130. The molecule has 0 bridgehead atoms. The van der Waals surface area contributed by atoms with Crippen molar-refractivity contribution in [2.24, 2.45) is 0 Å². The minimum Gasteiger partial charge on any atom is -0.456 e. The zero-order valence-electron chi connectivity index (χ0n) is 30.7. The molecule has 0 atom stereocenters. The molecule has 0 spiro atoms. The van der Waals surface area contributed by atoms with Gasteiger partial charge < -0.3 is 4.42 Å². The van der Waals surface area contributed by atoms with E-state index in [0.29, 0.717) is 23.0 Å². The van der Waals surface area contributed by atoms with Crippen LogP contribution in [0.2, 0.25) is 0 Å². The molecule has 57 heavy (non-hydrogen) atoms. The lowest BCUT2D eigenvalue weighted by atomic mass is 9.94. The first-order chi connectivity index (χ1) is 28.2. The van der Waals surface area contributed by atoms with Crippen LogP contribution in [0.4, 0.5) is 0 Å². The van der Waals surface area contributed by atoms with E-state index in [0.717, 1.165) is 72.0 Å². The second kappa shape index (κ2) is 14.4. The predicted molar refractivity (Wildman–Crippen MR) is 230 cm³/mol. The number of rotatable bonds is 7. The first-order valence-electron chi connectivity index (χ1n) is 18.8. The van der Waals surface area contributed by atoms with Gasteiger partial charge in [0.05, 0.1) is 11.6 Å². The average Bonchev–Trinajstić information content (AvgIpc) is 3.68. The lowest BCUT2D eigenvalue weighted by Gasteiger charge is -2.11. The summed E-state index contributed by atoms with van der Waals surface area (Å²) in [6.07, 6.45) is 0. The SMILES string of the molecule is N#Cc1ccc(-c2cccc(-c3nc(-c4ccccc4)nc(-c4ccc5c(c4)oc4cccc(-c6cccc(-c7ccccc7)c6)c45)n3)c2)cc1-c1ccccc1. The second-order valence-corrected chi connectivity index (χ2v) is 13.9. The molecule has 2 heterocycles. The molecule has 2 aromatic heterocycles. The van der Waals surface area contributed by atoms with E-state index in [2.05, 4.69) is 97.1 Å². The van der Waals surface area contributed by atoms with E-state index in [4.69, 9.17) is 19.4 Å². The molecule has 0 saturated heterocycles. The number of nitrogens with zero attached hydrogens (tertiary/aromatic N) is 4. The lowest BCUT2D eigenvalue weighted by Crippen LogP contribution is -2.00. The van der Waals surface area contributed by atoms with E-state index in [1.165, 1.54) is 11.1 Å². The van der Waals surface area contributed by atoms with Gasteiger partial charge in [0.2, 0.25) is 0 Å². The van der Waals surface area contributed by atoms with Gasteiger partial charge in [0.1, 0.15) is 11.2 Å². The fourth-order valence-corrected chi connectivity index (χ4v) is 7.57. The van der Waals surface area contributed by atoms with Gasteiger partial charge in [-0.3, -0.25) is 0 Å². The van der Waals surface area contributed by atoms with Crippen LogP contribution in [0.3, 0.4) is 0 Å². The molecule has 8 aromatic carbocycles. The van der Waals surface area contributed by atoms with Crippen molar-refractivity contribution >= 4 is 21.9 Å². The first-order valence-corrected chi connectivity index (χ1v) is 18.8. The Hall–Kier alpha value is -7.94. The first kappa shape index (κ1) is 33.6. The molecule has 0 radical (unpaired) electrons. The van der Waals surface area contributed by atoms with Crippen LogP contribution < -0.4 is 0 Å². The van der Waals surface area contributed by atoms with Gasteiger partial charge in [-0.15, -0.1) is 0 Å². The summed E-state index contributed by atoms with van der Waals surface area (Å²) in [5.74, 6) is 1.69. The summed E-state index contributed by atoms with van der Waals surface area (Å²) >= 11 is 0. The number of furan rings is 1. The molecule has 0 saturated carbocycles. The number of nitriles is 1. The lowest BCUT2D eigenvalue weighted by molar-refractivity contribution is 0.669. The Morgan fingerprint density at radius 2 is 0.860 bits per heavy atom. The smallest absolute Gasteiger partial charge is 0.164 e. The summed E-state index contributed by atoms with van der Waals surface area (Å²) < 4.78 is 6.55. The largest absolute Gasteiger partial charge is 0.456 e. The molecule has 10 rings (SSSR count). The summed E-state index contributed by atoms with van der Waals surface area (Å²) in [6, 6.07) is 68.1. The third kappa shape index (κ3) is 6.42. The van der Waals surface area contributed by atoms with E-state index in [-0.39, 0.29) is 0 Å². The predicted octanol–water partition coefficient (Wildman–Crippen LogP) is 13.3. The number of hydrogen-bond acceptors (Lipinski definition) is 5. The molecular formula is C52H32N4O. The maximum absolute atomic E-state index is 9.90. The van der Waals surface area contributed by atoms with Crippen LogP contribution in [0.5, 0.6) is 0 Å². The fraction of sp³-hybridized carbons (Fsp3) is 0. The molecule has 0 aliphatic carbocycles. The third-order valence-electron chi connectivity index (χ3n) is 10.4. The summed E-state index contributed by atoms with van der Waals surface area (Å²) in [7, 11) is 0. The molecule has 5 nitrogen and oxygen atoms in total. The molecule has 266 valence electrons. The number of benzene rings is 8. The summed E-state index contributed by atoms with van der Waals surface area (Å²) in [4.78, 5) is 15.1. The quantitative estimate of drug-likeness (QED) is 0.163. The highest BCUT2D eigenvalue weighted by molar-refractivity contribution is 6.13. The van der Waals surface area contributed by atoms with Crippen molar-refractivity contribution in [3.05, 3.63) is 200 Å². The highest BCUT2D eigenvalue weighted by atomic mass is 16.3. The van der Waals surface area contributed by atoms with Crippen molar-refractivity contribution in [1.82, 2.24) is 15.0 Å². The van der Waals surface area contributed by atoms with Crippen LogP contribution >= 0.6 is 0 Å². The Morgan fingerprint density at radius 3 is 1.56 bits per heavy atom. The van der Waals surface area contributed by atoms with Crippen molar-refractivity contribution in [2.45, 2.75) is 0 Å². The van der Waals surface area contributed by atoms with E-state index in [1.54, 1.807) is 0 Å². The second-order valence-electron chi connectivity index (χ2n) is 13.9. The Balaban J connectivity index is 1.07. The van der Waals surface area contributed by atoms with Gasteiger partial charge in [-0.1, -0.05) is 152 Å². The molecule has 10 aromatic rings. The van der Waals surface area contributed by atoms with Gasteiger partial charge in [-0.25, -0.2) is 15.0 Å². The minimum atomic E-state index is 0.548. The Labute approximate surface area is 329 Å². The van der Waals surface area contributed by atoms with Crippen molar-refractivity contribution in [3.8, 4) is 84.7 Å². The number of fused-ring (bicyclic) bond motifs is 3. The van der Waals surface area contributed by atoms with Gasteiger partial charge in [0.15, 0.2) is 17.5 Å². The molecule has 0 fully saturated rings. The topological polar surface area (TPSA) is 75.6 Å². The molecule has 0 amide bonds. The molecule has 5 heteroatoms. The minimum absolute atomic E-state index is 0.548. The van der Waals surface area contributed by atoms with E-state index < -0.39 is 0 Å². The van der Waals surface area contributed by atoms with Gasteiger partial charge in [0.25, 0.3) is 0 Å². The van der Waals surface area contributed by atoms with Crippen molar-refractivity contribution in [2.75, 3.05) is 0 Å². The fourth-order valence-electron chi connectivity index (χ4n) is 7.57. The van der Waals surface area contributed by atoms with Crippen LogP contribution in [0.25, 0.3) is 101 Å². The zero-order chi connectivity index (χ0) is 38.1. The summed E-state index contributed by atoms with van der Waals surface area (Å²) in [5.41, 5.74) is 13.2. The molecule has 0 unspecified atom stereocenters. The standard InChI is InChI=1S/C52H32N4O/c53-33-43-26-25-39(31-46(43)35-15-6-2-7-16-35)38-20-11-22-41(30-38)51-54-50(36-17-8-3-9-18-36)55-52(56-51)42-27-28-45-48(32-42)57-47-24-12-23-44(49(45)47)40-21-10-19-37(29-40)34-13-4-1-5-14-34/h1-32H. The van der Waals surface area contributed by atoms with Gasteiger partial charge in [0, 0.05) is 33.0 Å².